The van der Waals surface area contributed by atoms with Crippen molar-refractivity contribution in [2.45, 2.75) is 54.7 Å². The highest BCUT2D eigenvalue weighted by molar-refractivity contribution is 7.90. The van der Waals surface area contributed by atoms with Gasteiger partial charge in [0.25, 0.3) is 5.91 Å². The van der Waals surface area contributed by atoms with Crippen molar-refractivity contribution in [1.29, 1.82) is 0 Å². The first kappa shape index (κ1) is 31.1. The fourth-order valence-electron chi connectivity index (χ4n) is 6.21. The molecule has 0 spiro atoms. The molecule has 2 fully saturated rings. The highest BCUT2D eigenvalue weighted by Crippen LogP contribution is 2.41. The Morgan fingerprint density at radius 1 is 1.21 bits per heavy atom. The van der Waals surface area contributed by atoms with Crippen LogP contribution in [0.1, 0.15) is 48.6 Å². The Kier molecular flexibility index (Phi) is 9.50. The molecule has 2 aliphatic rings. The van der Waals surface area contributed by atoms with Gasteiger partial charge in [-0.15, -0.1) is 0 Å². The molecular formula is C31H39FN4O6S. The SMILES string of the molecule is COC[C@]1(O)CCCC[C@H]1n1cnc(C(=O)N2CCNC[C@H]2CCOc2ccc(S(C)(=O)=O)cc2)c1-c1cccc(F)c1. The third-order valence-corrected chi connectivity index (χ3v) is 9.49. The van der Waals surface area contributed by atoms with Gasteiger partial charge in [-0.1, -0.05) is 25.0 Å². The normalized spacial score (nSPS) is 22.8. The molecule has 232 valence electrons. The molecule has 1 aliphatic carbocycles. The number of ether oxygens (including phenoxy) is 2. The average molecular weight is 615 g/mol. The Labute approximate surface area is 251 Å². The molecule has 43 heavy (non-hydrogen) atoms. The number of nitrogens with zero attached hydrogens (tertiary/aromatic N) is 3. The number of hydrogen-bond donors (Lipinski definition) is 2. The maximum Gasteiger partial charge on any atom is 0.275 e. The van der Waals surface area contributed by atoms with Crippen LogP contribution in [0.5, 0.6) is 5.75 Å². The van der Waals surface area contributed by atoms with Crippen LogP contribution in [0.2, 0.25) is 0 Å². The van der Waals surface area contributed by atoms with Crippen LogP contribution in [-0.2, 0) is 14.6 Å². The molecule has 0 bridgehead atoms. The third kappa shape index (κ3) is 6.93. The van der Waals surface area contributed by atoms with Crippen molar-refractivity contribution in [3.63, 3.8) is 0 Å². The molecular weight excluding hydrogens is 575 g/mol. The summed E-state index contributed by atoms with van der Waals surface area (Å²) >= 11 is 0. The minimum atomic E-state index is -3.30. The Morgan fingerprint density at radius 2 is 2.00 bits per heavy atom. The Hall–Kier alpha value is -3.32. The molecule has 1 aliphatic heterocycles. The predicted octanol–water partition coefficient (Wildman–Crippen LogP) is 3.47. The summed E-state index contributed by atoms with van der Waals surface area (Å²) in [5.74, 6) is -0.161. The summed E-state index contributed by atoms with van der Waals surface area (Å²) < 4.78 is 51.1. The van der Waals surface area contributed by atoms with Crippen molar-refractivity contribution >= 4 is 15.7 Å². The van der Waals surface area contributed by atoms with E-state index in [4.69, 9.17) is 9.47 Å². The van der Waals surface area contributed by atoms with E-state index in [-0.39, 0.29) is 29.1 Å². The first-order valence-electron chi connectivity index (χ1n) is 14.6. The molecule has 1 amide bonds. The molecule has 5 rings (SSSR count). The Balaban J connectivity index is 1.40. The first-order valence-corrected chi connectivity index (χ1v) is 16.5. The number of carbonyl (C=O) groups excluding carboxylic acids is 1. The van der Waals surface area contributed by atoms with Crippen LogP contribution in [0.4, 0.5) is 4.39 Å². The molecule has 1 aromatic heterocycles. The zero-order chi connectivity index (χ0) is 30.6. The number of carbonyl (C=O) groups is 1. The number of imidazole rings is 1. The van der Waals surface area contributed by atoms with E-state index in [1.807, 2.05) is 4.57 Å². The monoisotopic (exact) mass is 614 g/mol. The summed E-state index contributed by atoms with van der Waals surface area (Å²) in [5.41, 5.74) is 0.0501. The van der Waals surface area contributed by atoms with Gasteiger partial charge in [0.05, 0.1) is 36.2 Å². The van der Waals surface area contributed by atoms with Gasteiger partial charge >= 0.3 is 0 Å². The number of halogens is 1. The van der Waals surface area contributed by atoms with E-state index in [0.29, 0.717) is 62.5 Å². The number of aliphatic hydroxyl groups is 1. The molecule has 2 aromatic carbocycles. The number of hydrogen-bond acceptors (Lipinski definition) is 8. The summed E-state index contributed by atoms with van der Waals surface area (Å²) in [6.45, 7) is 2.08. The maximum absolute atomic E-state index is 14.5. The van der Waals surface area contributed by atoms with E-state index >= 15 is 0 Å². The fraction of sp³-hybridized carbons (Fsp3) is 0.484. The van der Waals surface area contributed by atoms with Gasteiger partial charge in [-0.25, -0.2) is 17.8 Å². The van der Waals surface area contributed by atoms with Gasteiger partial charge in [-0.2, -0.15) is 0 Å². The molecule has 2 heterocycles. The number of nitrogens with one attached hydrogen (secondary N) is 1. The first-order chi connectivity index (χ1) is 20.6. The third-order valence-electron chi connectivity index (χ3n) is 8.36. The van der Waals surface area contributed by atoms with Gasteiger partial charge in [0.1, 0.15) is 17.2 Å². The Morgan fingerprint density at radius 3 is 2.72 bits per heavy atom. The molecule has 10 nitrogen and oxygen atoms in total. The van der Waals surface area contributed by atoms with Crippen molar-refractivity contribution in [2.24, 2.45) is 0 Å². The van der Waals surface area contributed by atoms with E-state index < -0.39 is 27.3 Å². The maximum atomic E-state index is 14.5. The number of sulfone groups is 1. The van der Waals surface area contributed by atoms with Crippen molar-refractivity contribution < 1.29 is 32.2 Å². The van der Waals surface area contributed by atoms with Crippen LogP contribution in [0, 0.1) is 5.82 Å². The lowest BCUT2D eigenvalue weighted by Gasteiger charge is -2.41. The van der Waals surface area contributed by atoms with Gasteiger partial charge in [0.2, 0.25) is 0 Å². The number of piperazine rings is 1. The summed E-state index contributed by atoms with van der Waals surface area (Å²) in [5, 5.41) is 14.9. The quantitative estimate of drug-likeness (QED) is 0.356. The molecule has 0 unspecified atom stereocenters. The molecule has 0 radical (unpaired) electrons. The molecule has 1 saturated heterocycles. The standard InChI is InChI=1S/C31H39FN4O6S/c1-41-20-31(38)14-4-3-8-27(31)36-21-34-28(29(36)22-6-5-7-23(32)18-22)30(37)35-16-15-33-19-24(35)13-17-42-25-9-11-26(12-10-25)43(2,39)40/h5-7,9-12,18,21,24,27,33,38H,3-4,8,13-17,19-20H2,1-2H3/t24-,27-,31-/m1/s1. The van der Waals surface area contributed by atoms with Crippen molar-refractivity contribution in [2.75, 3.05) is 46.2 Å². The molecule has 3 atom stereocenters. The second kappa shape index (κ2) is 13.1. The fourth-order valence-corrected chi connectivity index (χ4v) is 6.84. The molecule has 3 aromatic rings. The predicted molar refractivity (Wildman–Crippen MR) is 159 cm³/mol. The van der Waals surface area contributed by atoms with Crippen LogP contribution in [0.3, 0.4) is 0 Å². The lowest BCUT2D eigenvalue weighted by molar-refractivity contribution is -0.0893. The van der Waals surface area contributed by atoms with Crippen LogP contribution in [0.25, 0.3) is 11.3 Å². The lowest BCUT2D eigenvalue weighted by Crippen LogP contribution is -2.54. The molecule has 2 N–H and O–H groups in total. The topological polar surface area (TPSA) is 123 Å². The summed E-state index contributed by atoms with van der Waals surface area (Å²) in [7, 11) is -1.74. The van der Waals surface area contributed by atoms with Crippen molar-refractivity contribution in [3.8, 4) is 17.0 Å². The Bertz CT molecular complexity index is 1530. The number of methoxy groups -OCH3 is 1. The van der Waals surface area contributed by atoms with Gasteiger partial charge < -0.3 is 29.4 Å². The van der Waals surface area contributed by atoms with Gasteiger partial charge in [-0.3, -0.25) is 4.79 Å². The number of benzene rings is 2. The largest absolute Gasteiger partial charge is 0.494 e. The summed E-state index contributed by atoms with van der Waals surface area (Å²) in [6, 6.07) is 11.8. The van der Waals surface area contributed by atoms with Crippen LogP contribution >= 0.6 is 0 Å². The van der Waals surface area contributed by atoms with E-state index in [2.05, 4.69) is 10.3 Å². The summed E-state index contributed by atoms with van der Waals surface area (Å²) in [4.78, 5) is 20.8. The molecule has 12 heteroatoms. The minimum Gasteiger partial charge on any atom is -0.494 e. The van der Waals surface area contributed by atoms with E-state index in [1.54, 1.807) is 42.6 Å². The molecule has 1 saturated carbocycles. The van der Waals surface area contributed by atoms with E-state index in [9.17, 15) is 22.7 Å². The average Bonchev–Trinajstić information content (AvgIpc) is 3.42. The smallest absolute Gasteiger partial charge is 0.275 e. The second-order valence-corrected chi connectivity index (χ2v) is 13.4. The van der Waals surface area contributed by atoms with Crippen molar-refractivity contribution in [3.05, 3.63) is 66.4 Å². The second-order valence-electron chi connectivity index (χ2n) is 11.4. The van der Waals surface area contributed by atoms with Crippen LogP contribution in [0.15, 0.2) is 59.8 Å². The van der Waals surface area contributed by atoms with Gasteiger partial charge in [-0.05, 0) is 49.2 Å². The van der Waals surface area contributed by atoms with Gasteiger partial charge in [0, 0.05) is 51.0 Å². The highest BCUT2D eigenvalue weighted by Gasteiger charge is 2.42. The van der Waals surface area contributed by atoms with E-state index in [1.165, 1.54) is 24.3 Å². The zero-order valence-electron chi connectivity index (χ0n) is 24.5. The number of rotatable bonds is 10. The number of aromatic nitrogens is 2. The minimum absolute atomic E-state index is 0.137. The lowest BCUT2D eigenvalue weighted by atomic mass is 9.80. The van der Waals surface area contributed by atoms with Crippen LogP contribution < -0.4 is 10.1 Å². The van der Waals surface area contributed by atoms with Crippen molar-refractivity contribution in [1.82, 2.24) is 19.8 Å². The van der Waals surface area contributed by atoms with Crippen LogP contribution in [-0.4, -0.2) is 91.7 Å². The van der Waals surface area contributed by atoms with Gasteiger partial charge in [0.15, 0.2) is 15.5 Å². The number of amides is 1. The zero-order valence-corrected chi connectivity index (χ0v) is 25.4. The van der Waals surface area contributed by atoms with E-state index in [0.717, 1.165) is 19.1 Å². The summed E-state index contributed by atoms with van der Waals surface area (Å²) in [6.07, 6.45) is 6.25. The highest BCUT2D eigenvalue weighted by atomic mass is 32.2.